The second-order valence-corrected chi connectivity index (χ2v) is 7.35. The molecule has 0 bridgehead atoms. The minimum absolute atomic E-state index is 0.242. The maximum atomic E-state index is 12.3. The lowest BCUT2D eigenvalue weighted by atomic mass is 10.1. The van der Waals surface area contributed by atoms with E-state index in [0.717, 1.165) is 47.7 Å². The van der Waals surface area contributed by atoms with E-state index in [1.165, 1.54) is 11.1 Å². The van der Waals surface area contributed by atoms with Crippen molar-refractivity contribution in [2.45, 2.75) is 33.2 Å². The van der Waals surface area contributed by atoms with Crippen LogP contribution >= 0.6 is 0 Å². The summed E-state index contributed by atoms with van der Waals surface area (Å²) < 4.78 is 2.28. The zero-order valence-electron chi connectivity index (χ0n) is 17.4. The number of imidazole rings is 1. The van der Waals surface area contributed by atoms with E-state index in [0.29, 0.717) is 0 Å². The topological polar surface area (TPSA) is 59.0 Å². The highest BCUT2D eigenvalue weighted by molar-refractivity contribution is 6.00. The Morgan fingerprint density at radius 1 is 0.900 bits per heavy atom. The molecule has 2 N–H and O–H groups in total. The molecule has 0 aliphatic carbocycles. The van der Waals surface area contributed by atoms with Gasteiger partial charge in [0.25, 0.3) is 0 Å². The number of carbonyl (C=O) groups is 1. The average molecular weight is 399 g/mol. The van der Waals surface area contributed by atoms with Crippen molar-refractivity contribution in [1.29, 1.82) is 0 Å². The van der Waals surface area contributed by atoms with Crippen LogP contribution in [0.3, 0.4) is 0 Å². The van der Waals surface area contributed by atoms with Crippen molar-refractivity contribution in [1.82, 2.24) is 9.55 Å². The molecule has 5 nitrogen and oxygen atoms in total. The first-order chi connectivity index (χ1) is 14.6. The van der Waals surface area contributed by atoms with Crippen LogP contribution in [0, 0.1) is 6.92 Å². The highest BCUT2D eigenvalue weighted by Gasteiger charge is 2.09. The molecule has 0 atom stereocenters. The number of aromatic nitrogens is 2. The summed E-state index contributed by atoms with van der Waals surface area (Å²) in [4.78, 5) is 17.1. The smallest absolute Gasteiger partial charge is 0.323 e. The van der Waals surface area contributed by atoms with Gasteiger partial charge in [-0.25, -0.2) is 9.78 Å². The number of fused-ring (bicyclic) bond motifs is 1. The summed E-state index contributed by atoms with van der Waals surface area (Å²) in [6, 6.07) is 23.7. The van der Waals surface area contributed by atoms with Gasteiger partial charge in [-0.2, -0.15) is 0 Å². The summed E-state index contributed by atoms with van der Waals surface area (Å²) in [6.07, 6.45) is 1.78. The van der Waals surface area contributed by atoms with Gasteiger partial charge in [0.15, 0.2) is 0 Å². The molecule has 0 saturated heterocycles. The molecule has 152 valence electrons. The van der Waals surface area contributed by atoms with Crippen LogP contribution in [0.1, 0.15) is 23.9 Å². The molecular weight excluding hydrogens is 372 g/mol. The monoisotopic (exact) mass is 398 g/mol. The predicted molar refractivity (Wildman–Crippen MR) is 123 cm³/mol. The Labute approximate surface area is 176 Å². The fourth-order valence-electron chi connectivity index (χ4n) is 3.68. The Kier molecular flexibility index (Phi) is 5.80. The van der Waals surface area contributed by atoms with Crippen LogP contribution in [0.15, 0.2) is 72.8 Å². The van der Waals surface area contributed by atoms with E-state index in [9.17, 15) is 4.79 Å². The first kappa shape index (κ1) is 19.7. The molecule has 0 unspecified atom stereocenters. The third-order valence-electron chi connectivity index (χ3n) is 5.29. The van der Waals surface area contributed by atoms with Crippen LogP contribution in [-0.2, 0) is 19.4 Å². The molecule has 0 radical (unpaired) electrons. The minimum atomic E-state index is -0.242. The molecule has 1 aromatic heterocycles. The Morgan fingerprint density at radius 3 is 2.40 bits per heavy atom. The van der Waals surface area contributed by atoms with E-state index in [-0.39, 0.29) is 6.03 Å². The number of hydrogen-bond donors (Lipinski definition) is 2. The number of anilines is 2. The minimum Gasteiger partial charge on any atom is -0.328 e. The first-order valence-corrected chi connectivity index (χ1v) is 10.3. The lowest BCUT2D eigenvalue weighted by Crippen LogP contribution is -2.19. The maximum Gasteiger partial charge on any atom is 0.323 e. The fourth-order valence-corrected chi connectivity index (χ4v) is 3.68. The molecule has 1 heterocycles. The lowest BCUT2D eigenvalue weighted by molar-refractivity contribution is 0.262. The van der Waals surface area contributed by atoms with E-state index in [1.807, 2.05) is 49.4 Å². The van der Waals surface area contributed by atoms with E-state index in [4.69, 9.17) is 4.98 Å². The van der Waals surface area contributed by atoms with E-state index < -0.39 is 0 Å². The van der Waals surface area contributed by atoms with Crippen LogP contribution in [0.5, 0.6) is 0 Å². The van der Waals surface area contributed by atoms with Gasteiger partial charge in [0.2, 0.25) is 0 Å². The second kappa shape index (κ2) is 8.82. The normalized spacial score (nSPS) is 10.9. The SMILES string of the molecule is CCn1c(CCc2ccc(NC(=O)Nc3ccccc3C)cc2)nc2ccccc21. The average Bonchev–Trinajstić information content (AvgIpc) is 3.12. The van der Waals surface area contributed by atoms with Crippen molar-refractivity contribution in [2.24, 2.45) is 0 Å². The van der Waals surface area contributed by atoms with Crippen LogP contribution < -0.4 is 10.6 Å². The summed E-state index contributed by atoms with van der Waals surface area (Å²) in [5, 5.41) is 5.77. The molecule has 0 spiro atoms. The van der Waals surface area contributed by atoms with Gasteiger partial charge in [0.05, 0.1) is 11.0 Å². The number of para-hydroxylation sites is 3. The van der Waals surface area contributed by atoms with Crippen molar-refractivity contribution in [3.63, 3.8) is 0 Å². The van der Waals surface area contributed by atoms with Crippen LogP contribution in [0.25, 0.3) is 11.0 Å². The van der Waals surface area contributed by atoms with Gasteiger partial charge >= 0.3 is 6.03 Å². The van der Waals surface area contributed by atoms with Crippen molar-refractivity contribution < 1.29 is 4.79 Å². The fraction of sp³-hybridized carbons (Fsp3) is 0.200. The number of rotatable bonds is 6. The number of nitrogens with zero attached hydrogens (tertiary/aromatic N) is 2. The molecule has 5 heteroatoms. The zero-order valence-corrected chi connectivity index (χ0v) is 17.4. The quantitative estimate of drug-likeness (QED) is 0.432. The lowest BCUT2D eigenvalue weighted by Gasteiger charge is -2.10. The van der Waals surface area contributed by atoms with Gasteiger partial charge in [0, 0.05) is 24.3 Å². The first-order valence-electron chi connectivity index (χ1n) is 10.3. The third-order valence-corrected chi connectivity index (χ3v) is 5.29. The van der Waals surface area contributed by atoms with Crippen LogP contribution in [-0.4, -0.2) is 15.6 Å². The Bertz CT molecular complexity index is 1160. The van der Waals surface area contributed by atoms with Gasteiger partial charge in [0.1, 0.15) is 5.82 Å². The van der Waals surface area contributed by atoms with Crippen molar-refractivity contribution >= 4 is 28.4 Å². The molecule has 4 rings (SSSR count). The van der Waals surface area contributed by atoms with E-state index >= 15 is 0 Å². The predicted octanol–water partition coefficient (Wildman–Crippen LogP) is 5.79. The molecular formula is C25H26N4O. The Hall–Kier alpha value is -3.60. The van der Waals surface area contributed by atoms with Crippen LogP contribution in [0.2, 0.25) is 0 Å². The Balaban J connectivity index is 1.37. The van der Waals surface area contributed by atoms with Gasteiger partial charge in [-0.05, 0) is 61.7 Å². The van der Waals surface area contributed by atoms with Gasteiger partial charge in [-0.1, -0.05) is 42.5 Å². The van der Waals surface area contributed by atoms with E-state index in [2.05, 4.69) is 52.5 Å². The number of benzene rings is 3. The van der Waals surface area contributed by atoms with Crippen LogP contribution in [0.4, 0.5) is 16.2 Å². The van der Waals surface area contributed by atoms with Gasteiger partial charge < -0.3 is 15.2 Å². The molecule has 0 fully saturated rings. The summed E-state index contributed by atoms with van der Waals surface area (Å²) >= 11 is 0. The standard InChI is InChI=1S/C25H26N4O/c1-3-29-23-11-7-6-10-22(23)27-24(29)17-14-19-12-15-20(16-13-19)26-25(30)28-21-9-5-4-8-18(21)2/h4-13,15-16H,3,14,17H2,1-2H3,(H2,26,28,30). The molecule has 30 heavy (non-hydrogen) atoms. The molecule has 0 saturated carbocycles. The highest BCUT2D eigenvalue weighted by atomic mass is 16.2. The van der Waals surface area contributed by atoms with Crippen molar-refractivity contribution in [2.75, 3.05) is 10.6 Å². The molecule has 0 aliphatic rings. The number of nitrogens with one attached hydrogen (secondary N) is 2. The molecule has 2 amide bonds. The summed E-state index contributed by atoms with van der Waals surface area (Å²) in [5.74, 6) is 1.11. The van der Waals surface area contributed by atoms with E-state index in [1.54, 1.807) is 0 Å². The summed E-state index contributed by atoms with van der Waals surface area (Å²) in [5.41, 5.74) is 6.06. The second-order valence-electron chi connectivity index (χ2n) is 7.35. The number of hydrogen-bond acceptors (Lipinski definition) is 2. The zero-order chi connectivity index (χ0) is 20.9. The number of urea groups is 1. The number of carbonyl (C=O) groups excluding carboxylic acids is 1. The molecule has 4 aromatic rings. The summed E-state index contributed by atoms with van der Waals surface area (Å²) in [6.45, 7) is 5.03. The number of amides is 2. The number of aryl methyl sites for hydroxylation is 4. The molecule has 0 aliphatic heterocycles. The highest BCUT2D eigenvalue weighted by Crippen LogP contribution is 2.19. The Morgan fingerprint density at radius 2 is 1.63 bits per heavy atom. The van der Waals surface area contributed by atoms with Gasteiger partial charge in [-0.15, -0.1) is 0 Å². The summed E-state index contributed by atoms with van der Waals surface area (Å²) in [7, 11) is 0. The maximum absolute atomic E-state index is 12.3. The largest absolute Gasteiger partial charge is 0.328 e. The van der Waals surface area contributed by atoms with Crippen molar-refractivity contribution in [3.05, 3.63) is 89.7 Å². The van der Waals surface area contributed by atoms with Gasteiger partial charge in [-0.3, -0.25) is 0 Å². The third kappa shape index (κ3) is 4.35. The molecule has 3 aromatic carbocycles. The van der Waals surface area contributed by atoms with Crippen molar-refractivity contribution in [3.8, 4) is 0 Å².